The predicted octanol–water partition coefficient (Wildman–Crippen LogP) is 4.53. The fourth-order valence-corrected chi connectivity index (χ4v) is 3.33. The summed E-state index contributed by atoms with van der Waals surface area (Å²) >= 11 is 6.04. The normalized spacial score (nSPS) is 25.7. The molecule has 4 nitrogen and oxygen atoms in total. The zero-order valence-electron chi connectivity index (χ0n) is 13.7. The molecule has 1 aromatic carbocycles. The number of fused-ring (bicyclic) bond motifs is 1. The van der Waals surface area contributed by atoms with Crippen LogP contribution in [0.4, 0.5) is 10.1 Å². The molecule has 2 unspecified atom stereocenters. The van der Waals surface area contributed by atoms with E-state index in [1.807, 2.05) is 20.8 Å². The van der Waals surface area contributed by atoms with Crippen molar-refractivity contribution in [3.05, 3.63) is 23.0 Å². The number of hydrogen-bond acceptors (Lipinski definition) is 3. The fourth-order valence-electron chi connectivity index (χ4n) is 3.14. The van der Waals surface area contributed by atoms with E-state index in [9.17, 15) is 4.39 Å². The fraction of sp³-hybridized carbons (Fsp3) is 0.588. The van der Waals surface area contributed by atoms with E-state index in [-0.39, 0.29) is 22.9 Å². The van der Waals surface area contributed by atoms with E-state index < -0.39 is 5.82 Å². The molecule has 0 saturated carbocycles. The molecule has 3 rings (SSSR count). The second-order valence-electron chi connectivity index (χ2n) is 6.37. The monoisotopic (exact) mass is 340 g/mol. The Morgan fingerprint density at radius 1 is 1.39 bits per heavy atom. The van der Waals surface area contributed by atoms with Gasteiger partial charge in [-0.3, -0.25) is 0 Å². The zero-order valence-corrected chi connectivity index (χ0v) is 14.4. The van der Waals surface area contributed by atoms with Crippen molar-refractivity contribution in [2.24, 2.45) is 4.99 Å². The number of piperidine rings is 1. The largest absolute Gasteiger partial charge is 0.489 e. The second kappa shape index (κ2) is 6.56. The summed E-state index contributed by atoms with van der Waals surface area (Å²) in [5.74, 6) is -0.0426. The van der Waals surface area contributed by atoms with Gasteiger partial charge < -0.3 is 14.4 Å². The van der Waals surface area contributed by atoms with Crippen LogP contribution >= 0.6 is 11.6 Å². The molecule has 6 heteroatoms. The first-order chi connectivity index (χ1) is 11.0. The Morgan fingerprint density at radius 3 is 2.91 bits per heavy atom. The summed E-state index contributed by atoms with van der Waals surface area (Å²) in [5.41, 5.74) is 0.193. The number of aliphatic imine (C=N–C) groups is 1. The first-order valence-corrected chi connectivity index (χ1v) is 8.51. The Morgan fingerprint density at radius 2 is 2.17 bits per heavy atom. The van der Waals surface area contributed by atoms with E-state index in [4.69, 9.17) is 21.1 Å². The minimum Gasteiger partial charge on any atom is -0.489 e. The summed E-state index contributed by atoms with van der Waals surface area (Å²) in [6, 6.07) is 3.61. The minimum atomic E-state index is -0.477. The lowest BCUT2D eigenvalue weighted by molar-refractivity contribution is 0.182. The van der Waals surface area contributed by atoms with Crippen molar-refractivity contribution in [1.82, 2.24) is 4.90 Å². The summed E-state index contributed by atoms with van der Waals surface area (Å²) in [4.78, 5) is 6.55. The quantitative estimate of drug-likeness (QED) is 0.810. The lowest BCUT2D eigenvalue weighted by atomic mass is 10.0. The number of nitrogens with zero attached hydrogens (tertiary/aromatic N) is 2. The Bertz CT molecular complexity index is 621. The molecule has 2 fully saturated rings. The van der Waals surface area contributed by atoms with Crippen LogP contribution in [-0.4, -0.2) is 35.7 Å². The zero-order chi connectivity index (χ0) is 16.6. The van der Waals surface area contributed by atoms with Crippen LogP contribution in [0.3, 0.4) is 0 Å². The maximum atomic E-state index is 14.2. The van der Waals surface area contributed by atoms with E-state index >= 15 is 0 Å². The molecule has 0 bridgehead atoms. The molecule has 23 heavy (non-hydrogen) atoms. The number of rotatable bonds is 3. The molecular formula is C17H22ClFN2O2. The molecule has 2 heterocycles. The molecule has 126 valence electrons. The molecule has 2 atom stereocenters. The Balaban J connectivity index is 1.92. The maximum Gasteiger partial charge on any atom is 0.293 e. The number of halogens is 2. The SMILES string of the molecule is CC(C)Oc1cc(N=C2OC(C)C3CCCCN23)c(F)cc1Cl. The number of hydrogen-bond donors (Lipinski definition) is 0. The number of benzene rings is 1. The summed E-state index contributed by atoms with van der Waals surface area (Å²) in [6.07, 6.45) is 3.43. The van der Waals surface area contributed by atoms with Crippen molar-refractivity contribution < 1.29 is 13.9 Å². The molecule has 2 aliphatic heterocycles. The Kier molecular flexibility index (Phi) is 4.67. The van der Waals surface area contributed by atoms with Crippen molar-refractivity contribution in [2.75, 3.05) is 6.54 Å². The third-order valence-corrected chi connectivity index (χ3v) is 4.50. The van der Waals surface area contributed by atoms with Gasteiger partial charge in [-0.2, -0.15) is 4.99 Å². The summed E-state index contributed by atoms with van der Waals surface area (Å²) < 4.78 is 25.7. The molecule has 0 spiro atoms. The van der Waals surface area contributed by atoms with Crippen molar-refractivity contribution in [3.63, 3.8) is 0 Å². The molecule has 0 aromatic heterocycles. The Labute approximate surface area is 141 Å². The van der Waals surface area contributed by atoms with Gasteiger partial charge in [0.1, 0.15) is 17.5 Å². The molecular weight excluding hydrogens is 319 g/mol. The van der Waals surface area contributed by atoms with Crippen molar-refractivity contribution in [2.45, 2.75) is 58.3 Å². The van der Waals surface area contributed by atoms with Gasteiger partial charge in [0.15, 0.2) is 5.82 Å². The van der Waals surface area contributed by atoms with Gasteiger partial charge >= 0.3 is 0 Å². The van der Waals surface area contributed by atoms with E-state index in [0.29, 0.717) is 17.8 Å². The van der Waals surface area contributed by atoms with Gasteiger partial charge in [0, 0.05) is 12.6 Å². The highest BCUT2D eigenvalue weighted by Crippen LogP contribution is 2.35. The highest BCUT2D eigenvalue weighted by atomic mass is 35.5. The van der Waals surface area contributed by atoms with Crippen LogP contribution < -0.4 is 4.74 Å². The average molecular weight is 341 g/mol. The lowest BCUT2D eigenvalue weighted by Crippen LogP contribution is -2.40. The molecule has 0 radical (unpaired) electrons. The van der Waals surface area contributed by atoms with E-state index in [0.717, 1.165) is 19.4 Å². The first-order valence-electron chi connectivity index (χ1n) is 8.13. The first kappa shape index (κ1) is 16.4. The van der Waals surface area contributed by atoms with Crippen molar-refractivity contribution in [3.8, 4) is 5.75 Å². The highest BCUT2D eigenvalue weighted by Gasteiger charge is 2.39. The number of ether oxygens (including phenoxy) is 2. The molecule has 2 saturated heterocycles. The van der Waals surface area contributed by atoms with Crippen LogP contribution in [0.5, 0.6) is 5.75 Å². The van der Waals surface area contributed by atoms with E-state index in [1.54, 1.807) is 0 Å². The van der Waals surface area contributed by atoms with Crippen LogP contribution in [0.1, 0.15) is 40.0 Å². The maximum absolute atomic E-state index is 14.2. The average Bonchev–Trinajstić information content (AvgIpc) is 2.81. The van der Waals surface area contributed by atoms with Gasteiger partial charge in [0.25, 0.3) is 6.02 Å². The molecule has 0 aliphatic carbocycles. The van der Waals surface area contributed by atoms with Crippen molar-refractivity contribution >= 4 is 23.3 Å². The van der Waals surface area contributed by atoms with Gasteiger partial charge in [-0.15, -0.1) is 0 Å². The van der Waals surface area contributed by atoms with Crippen LogP contribution in [0.25, 0.3) is 0 Å². The predicted molar refractivity (Wildman–Crippen MR) is 89.2 cm³/mol. The standard InChI is InChI=1S/C17H22ClFN2O2/c1-10(2)22-16-9-14(13(19)8-12(16)18)20-17-21-7-5-4-6-15(21)11(3)23-17/h8-11,15H,4-7H2,1-3H3. The minimum absolute atomic E-state index is 0.0484. The Hall–Kier alpha value is -1.49. The highest BCUT2D eigenvalue weighted by molar-refractivity contribution is 6.32. The van der Waals surface area contributed by atoms with E-state index in [2.05, 4.69) is 9.89 Å². The van der Waals surface area contributed by atoms with Crippen molar-refractivity contribution in [1.29, 1.82) is 0 Å². The third-order valence-electron chi connectivity index (χ3n) is 4.21. The van der Waals surface area contributed by atoms with Crippen LogP contribution in [0, 0.1) is 5.82 Å². The molecule has 1 aromatic rings. The smallest absolute Gasteiger partial charge is 0.293 e. The third kappa shape index (κ3) is 3.39. The molecule has 0 amide bonds. The van der Waals surface area contributed by atoms with Crippen LogP contribution in [0.15, 0.2) is 17.1 Å². The van der Waals surface area contributed by atoms with Crippen LogP contribution in [-0.2, 0) is 4.74 Å². The molecule has 2 aliphatic rings. The van der Waals surface area contributed by atoms with Gasteiger partial charge in [-0.1, -0.05) is 11.6 Å². The van der Waals surface area contributed by atoms with Gasteiger partial charge in [0.2, 0.25) is 0 Å². The topological polar surface area (TPSA) is 34.1 Å². The summed E-state index contributed by atoms with van der Waals surface area (Å²) in [5, 5.41) is 0.247. The van der Waals surface area contributed by atoms with Gasteiger partial charge in [-0.25, -0.2) is 4.39 Å². The summed E-state index contributed by atoms with van der Waals surface area (Å²) in [6.45, 7) is 6.73. The van der Waals surface area contributed by atoms with Gasteiger partial charge in [0.05, 0.1) is 17.2 Å². The second-order valence-corrected chi connectivity index (χ2v) is 6.78. The van der Waals surface area contributed by atoms with Gasteiger partial charge in [-0.05, 0) is 46.1 Å². The van der Waals surface area contributed by atoms with E-state index in [1.165, 1.54) is 18.6 Å². The van der Waals surface area contributed by atoms with Crippen LogP contribution in [0.2, 0.25) is 5.02 Å². The summed E-state index contributed by atoms with van der Waals surface area (Å²) in [7, 11) is 0. The lowest BCUT2D eigenvalue weighted by Gasteiger charge is -2.29. The number of amidine groups is 1. The molecule has 0 N–H and O–H groups in total.